The number of nitrogens with zero attached hydrogens (tertiary/aromatic N) is 1. The molecule has 1 atom stereocenters. The summed E-state index contributed by atoms with van der Waals surface area (Å²) in [5, 5.41) is 3.39. The van der Waals surface area contributed by atoms with Gasteiger partial charge in [0.25, 0.3) is 0 Å². The number of ether oxygens (including phenoxy) is 1. The molecule has 20 heavy (non-hydrogen) atoms. The number of carbonyl (C=O) groups excluding carboxylic acids is 1. The standard InChI is InChI=1S/C16H24N2O2/c1-16(2,3)20-15(19)18(4)14-7-5-12(6-8-14)11-13-9-10-17-13/h5-8,13,17H,9-11H2,1-4H3. The van der Waals surface area contributed by atoms with E-state index in [1.54, 1.807) is 7.05 Å². The Labute approximate surface area is 121 Å². The number of hydrogen-bond acceptors (Lipinski definition) is 3. The van der Waals surface area contributed by atoms with E-state index in [1.807, 2.05) is 32.9 Å². The highest BCUT2D eigenvalue weighted by molar-refractivity contribution is 5.87. The quantitative estimate of drug-likeness (QED) is 0.923. The lowest BCUT2D eigenvalue weighted by Crippen LogP contribution is -2.44. The van der Waals surface area contributed by atoms with Crippen molar-refractivity contribution in [3.8, 4) is 0 Å². The fraction of sp³-hybridized carbons (Fsp3) is 0.562. The summed E-state index contributed by atoms with van der Waals surface area (Å²) in [4.78, 5) is 13.5. The molecule has 1 unspecified atom stereocenters. The van der Waals surface area contributed by atoms with Crippen LogP contribution in [-0.4, -0.2) is 31.3 Å². The molecule has 0 spiro atoms. The van der Waals surface area contributed by atoms with Gasteiger partial charge in [-0.2, -0.15) is 0 Å². The van der Waals surface area contributed by atoms with Crippen molar-refractivity contribution < 1.29 is 9.53 Å². The van der Waals surface area contributed by atoms with Gasteiger partial charge in [0.05, 0.1) is 0 Å². The minimum absolute atomic E-state index is 0.328. The Kier molecular flexibility index (Phi) is 4.33. The van der Waals surface area contributed by atoms with Crippen LogP contribution in [0.25, 0.3) is 0 Å². The molecule has 1 fully saturated rings. The first-order valence-electron chi connectivity index (χ1n) is 7.14. The van der Waals surface area contributed by atoms with Gasteiger partial charge in [-0.25, -0.2) is 4.79 Å². The van der Waals surface area contributed by atoms with Gasteiger partial charge in [0.2, 0.25) is 0 Å². The van der Waals surface area contributed by atoms with Gasteiger partial charge in [-0.3, -0.25) is 4.90 Å². The molecule has 4 nitrogen and oxygen atoms in total. The van der Waals surface area contributed by atoms with E-state index in [4.69, 9.17) is 4.74 Å². The average Bonchev–Trinajstić information content (AvgIpc) is 2.31. The topological polar surface area (TPSA) is 41.6 Å². The molecule has 1 aromatic rings. The number of benzene rings is 1. The van der Waals surface area contributed by atoms with Crippen molar-refractivity contribution >= 4 is 11.8 Å². The van der Waals surface area contributed by atoms with Crippen LogP contribution < -0.4 is 10.2 Å². The molecular formula is C16H24N2O2. The largest absolute Gasteiger partial charge is 0.443 e. The van der Waals surface area contributed by atoms with Crippen LogP contribution in [0.2, 0.25) is 0 Å². The maximum Gasteiger partial charge on any atom is 0.414 e. The lowest BCUT2D eigenvalue weighted by molar-refractivity contribution is 0.0589. The SMILES string of the molecule is CN(C(=O)OC(C)(C)C)c1ccc(CC2CCN2)cc1. The zero-order valence-corrected chi connectivity index (χ0v) is 12.8. The number of amides is 1. The monoisotopic (exact) mass is 276 g/mol. The van der Waals surface area contributed by atoms with Gasteiger partial charge >= 0.3 is 6.09 Å². The van der Waals surface area contributed by atoms with Crippen molar-refractivity contribution in [3.63, 3.8) is 0 Å². The number of carbonyl (C=O) groups is 1. The Morgan fingerprint density at radius 3 is 2.40 bits per heavy atom. The Morgan fingerprint density at radius 2 is 1.95 bits per heavy atom. The van der Waals surface area contributed by atoms with Crippen LogP contribution in [0.5, 0.6) is 0 Å². The second-order valence-corrected chi connectivity index (χ2v) is 6.35. The molecule has 2 rings (SSSR count). The predicted molar refractivity (Wildman–Crippen MR) is 81.2 cm³/mol. The molecule has 0 saturated carbocycles. The Morgan fingerprint density at radius 1 is 1.35 bits per heavy atom. The highest BCUT2D eigenvalue weighted by Crippen LogP contribution is 2.19. The molecule has 1 N–H and O–H groups in total. The van der Waals surface area contributed by atoms with Crippen molar-refractivity contribution in [1.82, 2.24) is 5.32 Å². The fourth-order valence-corrected chi connectivity index (χ4v) is 2.10. The van der Waals surface area contributed by atoms with E-state index in [-0.39, 0.29) is 6.09 Å². The zero-order valence-electron chi connectivity index (χ0n) is 12.8. The summed E-state index contributed by atoms with van der Waals surface area (Å²) < 4.78 is 5.35. The predicted octanol–water partition coefficient (Wildman–Crippen LogP) is 2.96. The molecule has 1 saturated heterocycles. The second-order valence-electron chi connectivity index (χ2n) is 6.35. The van der Waals surface area contributed by atoms with Gasteiger partial charge in [0.15, 0.2) is 0 Å². The maximum atomic E-state index is 12.0. The van der Waals surface area contributed by atoms with Crippen LogP contribution >= 0.6 is 0 Å². The third kappa shape index (κ3) is 3.97. The number of nitrogens with one attached hydrogen (secondary N) is 1. The van der Waals surface area contributed by atoms with E-state index in [2.05, 4.69) is 17.4 Å². The van der Waals surface area contributed by atoms with Crippen LogP contribution in [0.4, 0.5) is 10.5 Å². The normalized spacial score (nSPS) is 18.3. The maximum absolute atomic E-state index is 12.0. The molecule has 1 aromatic carbocycles. The molecule has 0 aliphatic carbocycles. The molecule has 0 aromatic heterocycles. The van der Waals surface area contributed by atoms with Crippen LogP contribution in [0, 0.1) is 0 Å². The first kappa shape index (κ1) is 14.9. The summed E-state index contributed by atoms with van der Waals surface area (Å²) in [6.07, 6.45) is 1.97. The number of hydrogen-bond donors (Lipinski definition) is 1. The number of anilines is 1. The summed E-state index contributed by atoms with van der Waals surface area (Å²) >= 11 is 0. The third-order valence-electron chi connectivity index (χ3n) is 3.40. The smallest absolute Gasteiger partial charge is 0.414 e. The molecular weight excluding hydrogens is 252 g/mol. The summed E-state index contributed by atoms with van der Waals surface area (Å²) in [6.45, 7) is 6.73. The van der Waals surface area contributed by atoms with Gasteiger partial charge in [0.1, 0.15) is 5.60 Å². The van der Waals surface area contributed by atoms with Crippen LogP contribution in [-0.2, 0) is 11.2 Å². The zero-order chi connectivity index (χ0) is 14.8. The van der Waals surface area contributed by atoms with Gasteiger partial charge in [-0.15, -0.1) is 0 Å². The molecule has 110 valence electrons. The molecule has 4 heteroatoms. The van der Waals surface area contributed by atoms with E-state index in [0.29, 0.717) is 6.04 Å². The second kappa shape index (κ2) is 5.83. The van der Waals surface area contributed by atoms with E-state index in [9.17, 15) is 4.79 Å². The highest BCUT2D eigenvalue weighted by Gasteiger charge is 2.21. The van der Waals surface area contributed by atoms with Crippen LogP contribution in [0.3, 0.4) is 0 Å². The van der Waals surface area contributed by atoms with Crippen molar-refractivity contribution in [3.05, 3.63) is 29.8 Å². The lowest BCUT2D eigenvalue weighted by Gasteiger charge is -2.28. The molecule has 1 aliphatic heterocycles. The van der Waals surface area contributed by atoms with Crippen molar-refractivity contribution in [2.45, 2.75) is 45.3 Å². The first-order valence-corrected chi connectivity index (χ1v) is 7.14. The van der Waals surface area contributed by atoms with Crippen molar-refractivity contribution in [1.29, 1.82) is 0 Å². The van der Waals surface area contributed by atoms with Crippen LogP contribution in [0.1, 0.15) is 32.8 Å². The van der Waals surface area contributed by atoms with E-state index < -0.39 is 5.60 Å². The van der Waals surface area contributed by atoms with Gasteiger partial charge in [0, 0.05) is 18.8 Å². The summed E-state index contributed by atoms with van der Waals surface area (Å²) in [6, 6.07) is 8.71. The van der Waals surface area contributed by atoms with E-state index in [0.717, 1.165) is 18.7 Å². The Balaban J connectivity index is 1.95. The number of rotatable bonds is 3. The molecule has 1 heterocycles. The van der Waals surface area contributed by atoms with Gasteiger partial charge in [-0.1, -0.05) is 12.1 Å². The fourth-order valence-electron chi connectivity index (χ4n) is 2.10. The lowest BCUT2D eigenvalue weighted by atomic mass is 9.98. The molecule has 0 bridgehead atoms. The van der Waals surface area contributed by atoms with Crippen molar-refractivity contribution in [2.24, 2.45) is 0 Å². The highest BCUT2D eigenvalue weighted by atomic mass is 16.6. The summed E-state index contributed by atoms with van der Waals surface area (Å²) in [5.74, 6) is 0. The molecule has 1 amide bonds. The molecule has 1 aliphatic rings. The third-order valence-corrected chi connectivity index (χ3v) is 3.40. The minimum atomic E-state index is -0.471. The average molecular weight is 276 g/mol. The van der Waals surface area contributed by atoms with Crippen LogP contribution in [0.15, 0.2) is 24.3 Å². The van der Waals surface area contributed by atoms with Crippen molar-refractivity contribution in [2.75, 3.05) is 18.5 Å². The first-order chi connectivity index (χ1) is 9.35. The van der Waals surface area contributed by atoms with E-state index >= 15 is 0 Å². The minimum Gasteiger partial charge on any atom is -0.443 e. The summed E-state index contributed by atoms with van der Waals surface area (Å²) in [5.41, 5.74) is 1.68. The van der Waals surface area contributed by atoms with Gasteiger partial charge in [-0.05, 0) is 57.9 Å². The van der Waals surface area contributed by atoms with Gasteiger partial charge < -0.3 is 10.1 Å². The molecule has 0 radical (unpaired) electrons. The Hall–Kier alpha value is -1.55. The Bertz CT molecular complexity index is 458. The summed E-state index contributed by atoms with van der Waals surface area (Å²) in [7, 11) is 1.73. The van der Waals surface area contributed by atoms with E-state index in [1.165, 1.54) is 16.9 Å².